The summed E-state index contributed by atoms with van der Waals surface area (Å²) in [4.78, 5) is 32.7. The number of amides is 1. The number of thioether (sulfide) groups is 1. The predicted molar refractivity (Wildman–Crippen MR) is 116 cm³/mol. The van der Waals surface area contributed by atoms with Crippen LogP contribution in [0.4, 0.5) is 0 Å². The van der Waals surface area contributed by atoms with Crippen LogP contribution in [-0.2, 0) is 11.3 Å². The zero-order chi connectivity index (χ0) is 20.3. The Kier molecular flexibility index (Phi) is 7.05. The third-order valence-corrected chi connectivity index (χ3v) is 6.29. The van der Waals surface area contributed by atoms with E-state index in [4.69, 9.17) is 16.6 Å². The van der Waals surface area contributed by atoms with Gasteiger partial charge in [0.2, 0.25) is 5.91 Å². The number of benzene rings is 1. The molecule has 1 fully saturated rings. The van der Waals surface area contributed by atoms with Crippen LogP contribution < -0.4 is 5.56 Å². The minimum atomic E-state index is -0.284. The maximum Gasteiger partial charge on any atom is 0.262 e. The minimum Gasteiger partial charge on any atom is -0.342 e. The topological polar surface area (TPSA) is 55.2 Å². The van der Waals surface area contributed by atoms with E-state index in [1.807, 2.05) is 11.8 Å². The Morgan fingerprint density at radius 2 is 1.86 bits per heavy atom. The summed E-state index contributed by atoms with van der Waals surface area (Å²) in [5.41, 5.74) is 0.518. The average Bonchev–Trinajstić information content (AvgIpc) is 2.94. The molecular weight excluding hydrogens is 394 g/mol. The summed E-state index contributed by atoms with van der Waals surface area (Å²) in [6.45, 7) is 8.25. The molecular formula is C21H28ClN3O2S. The van der Waals surface area contributed by atoms with Gasteiger partial charge in [-0.25, -0.2) is 4.98 Å². The van der Waals surface area contributed by atoms with Gasteiger partial charge in [-0.15, -0.1) is 0 Å². The first-order valence-corrected chi connectivity index (χ1v) is 11.3. The van der Waals surface area contributed by atoms with Crippen LogP contribution in [0.3, 0.4) is 0 Å². The number of rotatable bonds is 5. The van der Waals surface area contributed by atoms with Gasteiger partial charge < -0.3 is 4.90 Å². The molecule has 1 saturated heterocycles. The number of carbonyl (C=O) groups is 1. The number of fused-ring (bicyclic) bond motifs is 1. The largest absolute Gasteiger partial charge is 0.342 e. The maximum atomic E-state index is 13.1. The number of hydrogen-bond acceptors (Lipinski definition) is 4. The Hall–Kier alpha value is -1.53. The van der Waals surface area contributed by atoms with Crippen LogP contribution >= 0.6 is 23.4 Å². The highest BCUT2D eigenvalue weighted by Crippen LogP contribution is 2.26. The summed E-state index contributed by atoms with van der Waals surface area (Å²) in [6.07, 6.45) is 4.51. The Morgan fingerprint density at radius 3 is 2.50 bits per heavy atom. The number of carbonyl (C=O) groups excluding carboxylic acids is 1. The Balaban J connectivity index is 1.93. The normalized spacial score (nSPS) is 16.4. The van der Waals surface area contributed by atoms with E-state index >= 15 is 0 Å². The fourth-order valence-electron chi connectivity index (χ4n) is 3.55. The zero-order valence-corrected chi connectivity index (χ0v) is 18.4. The molecule has 0 aliphatic carbocycles. The highest BCUT2D eigenvalue weighted by atomic mass is 35.5. The second-order valence-electron chi connectivity index (χ2n) is 7.87. The van der Waals surface area contributed by atoms with Crippen molar-refractivity contribution in [2.24, 2.45) is 5.92 Å². The molecule has 0 radical (unpaired) electrons. The van der Waals surface area contributed by atoms with Crippen molar-refractivity contribution in [3.8, 4) is 0 Å². The lowest BCUT2D eigenvalue weighted by Crippen LogP contribution is -2.37. The first-order chi connectivity index (χ1) is 13.4. The first kappa shape index (κ1) is 21.2. The van der Waals surface area contributed by atoms with Crippen molar-refractivity contribution in [2.45, 2.75) is 63.4 Å². The molecule has 2 aromatic rings. The minimum absolute atomic E-state index is 0.0990. The molecule has 3 rings (SSSR count). The molecule has 1 atom stereocenters. The van der Waals surface area contributed by atoms with Crippen molar-refractivity contribution >= 4 is 40.2 Å². The van der Waals surface area contributed by atoms with Gasteiger partial charge in [0.25, 0.3) is 5.56 Å². The predicted octanol–water partition coefficient (Wildman–Crippen LogP) is 4.59. The number of hydrogen-bond donors (Lipinski definition) is 0. The molecule has 5 nitrogen and oxygen atoms in total. The SMILES string of the molecule is CC(C)Cn1c(SC(C)C(=O)N2CCCCCC2)nc2ccc(Cl)cc2c1=O. The molecule has 152 valence electrons. The molecule has 1 aromatic heterocycles. The second-order valence-corrected chi connectivity index (χ2v) is 9.61. The lowest BCUT2D eigenvalue weighted by molar-refractivity contribution is -0.130. The molecule has 28 heavy (non-hydrogen) atoms. The Morgan fingerprint density at radius 1 is 1.18 bits per heavy atom. The van der Waals surface area contributed by atoms with E-state index < -0.39 is 0 Å². The van der Waals surface area contributed by atoms with E-state index in [1.54, 1.807) is 22.8 Å². The fourth-order valence-corrected chi connectivity index (χ4v) is 4.72. The number of nitrogens with zero attached hydrogens (tertiary/aromatic N) is 3. The van der Waals surface area contributed by atoms with E-state index in [-0.39, 0.29) is 22.6 Å². The molecule has 1 aromatic carbocycles. The van der Waals surface area contributed by atoms with Crippen LogP contribution in [0, 0.1) is 5.92 Å². The van der Waals surface area contributed by atoms with E-state index in [9.17, 15) is 9.59 Å². The fraction of sp³-hybridized carbons (Fsp3) is 0.571. The van der Waals surface area contributed by atoms with Gasteiger partial charge in [0.15, 0.2) is 5.16 Å². The molecule has 0 bridgehead atoms. The lowest BCUT2D eigenvalue weighted by atomic mass is 10.2. The summed E-state index contributed by atoms with van der Waals surface area (Å²) in [6, 6.07) is 5.18. The summed E-state index contributed by atoms with van der Waals surface area (Å²) in [5.74, 6) is 0.417. The van der Waals surface area contributed by atoms with Crippen molar-refractivity contribution < 1.29 is 4.79 Å². The van der Waals surface area contributed by atoms with Gasteiger partial charge in [-0.05, 0) is 43.9 Å². The monoisotopic (exact) mass is 421 g/mol. The van der Waals surface area contributed by atoms with E-state index in [1.165, 1.54) is 24.6 Å². The zero-order valence-electron chi connectivity index (χ0n) is 16.8. The van der Waals surface area contributed by atoms with Crippen molar-refractivity contribution in [3.63, 3.8) is 0 Å². The summed E-state index contributed by atoms with van der Waals surface area (Å²) in [5, 5.41) is 1.36. The number of halogens is 1. The molecule has 1 amide bonds. The molecule has 2 heterocycles. The second kappa shape index (κ2) is 9.31. The average molecular weight is 422 g/mol. The van der Waals surface area contributed by atoms with Gasteiger partial charge in [-0.1, -0.05) is 50.1 Å². The van der Waals surface area contributed by atoms with E-state index in [0.717, 1.165) is 25.9 Å². The molecule has 1 aliphatic rings. The summed E-state index contributed by atoms with van der Waals surface area (Å²) < 4.78 is 1.69. The van der Waals surface area contributed by atoms with Crippen molar-refractivity contribution in [1.29, 1.82) is 0 Å². The van der Waals surface area contributed by atoms with Gasteiger partial charge in [0.05, 0.1) is 16.2 Å². The quantitative estimate of drug-likeness (QED) is 0.523. The summed E-state index contributed by atoms with van der Waals surface area (Å²) >= 11 is 7.46. The molecule has 0 N–H and O–H groups in total. The third-order valence-electron chi connectivity index (χ3n) is 4.98. The Bertz CT molecular complexity index is 904. The number of likely N-dealkylation sites (tertiary alicyclic amines) is 1. The maximum absolute atomic E-state index is 13.1. The van der Waals surface area contributed by atoms with E-state index in [2.05, 4.69) is 13.8 Å². The number of aromatic nitrogens is 2. The van der Waals surface area contributed by atoms with Crippen LogP contribution in [0.15, 0.2) is 28.2 Å². The van der Waals surface area contributed by atoms with Crippen LogP contribution in [-0.4, -0.2) is 38.7 Å². The van der Waals surface area contributed by atoms with Gasteiger partial charge >= 0.3 is 0 Å². The Labute approximate surface area is 175 Å². The van der Waals surface area contributed by atoms with Crippen molar-refractivity contribution in [2.75, 3.05) is 13.1 Å². The van der Waals surface area contributed by atoms with Gasteiger partial charge in [-0.3, -0.25) is 14.2 Å². The van der Waals surface area contributed by atoms with Gasteiger partial charge in [0.1, 0.15) is 0 Å². The van der Waals surface area contributed by atoms with Crippen LogP contribution in [0.2, 0.25) is 5.02 Å². The molecule has 1 unspecified atom stereocenters. The van der Waals surface area contributed by atoms with Crippen LogP contribution in [0.25, 0.3) is 10.9 Å². The smallest absolute Gasteiger partial charge is 0.262 e. The summed E-state index contributed by atoms with van der Waals surface area (Å²) in [7, 11) is 0. The van der Waals surface area contributed by atoms with Crippen molar-refractivity contribution in [1.82, 2.24) is 14.5 Å². The van der Waals surface area contributed by atoms with Crippen LogP contribution in [0.5, 0.6) is 0 Å². The first-order valence-electron chi connectivity index (χ1n) is 10.0. The molecule has 7 heteroatoms. The standard InChI is InChI=1S/C21H28ClN3O2S/c1-14(2)13-25-20(27)17-12-16(22)8-9-18(17)23-21(25)28-15(3)19(26)24-10-6-4-5-7-11-24/h8-9,12,14-15H,4-7,10-11,13H2,1-3H3. The third kappa shape index (κ3) is 4.90. The van der Waals surface area contributed by atoms with E-state index in [0.29, 0.717) is 27.6 Å². The molecule has 0 saturated carbocycles. The highest BCUT2D eigenvalue weighted by Gasteiger charge is 2.24. The van der Waals surface area contributed by atoms with Crippen molar-refractivity contribution in [3.05, 3.63) is 33.6 Å². The molecule has 1 aliphatic heterocycles. The molecule has 0 spiro atoms. The van der Waals surface area contributed by atoms with Gasteiger partial charge in [0, 0.05) is 24.7 Å². The lowest BCUT2D eigenvalue weighted by Gasteiger charge is -2.24. The van der Waals surface area contributed by atoms with Crippen LogP contribution in [0.1, 0.15) is 46.5 Å². The highest BCUT2D eigenvalue weighted by molar-refractivity contribution is 8.00. The van der Waals surface area contributed by atoms with Gasteiger partial charge in [-0.2, -0.15) is 0 Å².